The topological polar surface area (TPSA) is 134 Å². The molecule has 0 saturated carbocycles. The van der Waals surface area contributed by atoms with Gasteiger partial charge >= 0.3 is 0 Å². The molecule has 11 nitrogen and oxygen atoms in total. The van der Waals surface area contributed by atoms with Gasteiger partial charge in [-0.3, -0.25) is 4.79 Å². The van der Waals surface area contributed by atoms with Crippen LogP contribution >= 0.6 is 0 Å². The third kappa shape index (κ3) is 5.71. The summed E-state index contributed by atoms with van der Waals surface area (Å²) in [6.07, 6.45) is 1.03. The predicted octanol–water partition coefficient (Wildman–Crippen LogP) is 0.898. The first kappa shape index (κ1) is 23.7. The van der Waals surface area contributed by atoms with Crippen molar-refractivity contribution in [2.24, 2.45) is 0 Å². The van der Waals surface area contributed by atoms with Crippen molar-refractivity contribution in [1.82, 2.24) is 30.0 Å². The Labute approximate surface area is 194 Å². The number of carbonyl (C=O) groups is 1. The summed E-state index contributed by atoms with van der Waals surface area (Å²) in [6.45, 7) is 2.84. The molecule has 0 bridgehead atoms. The van der Waals surface area contributed by atoms with Crippen LogP contribution in [0.5, 0.6) is 5.75 Å². The van der Waals surface area contributed by atoms with Crippen LogP contribution in [0.15, 0.2) is 30.6 Å². The van der Waals surface area contributed by atoms with Crippen molar-refractivity contribution >= 4 is 5.91 Å². The largest absolute Gasteiger partial charge is 0.494 e. The number of aryl methyl sites for hydroxylation is 1. The summed E-state index contributed by atoms with van der Waals surface area (Å²) in [5.74, 6) is -0.0561. The fourth-order valence-corrected chi connectivity index (χ4v) is 3.39. The normalized spacial score (nSPS) is 18.0. The summed E-state index contributed by atoms with van der Waals surface area (Å²) in [4.78, 5) is 25.5. The zero-order valence-electron chi connectivity index (χ0n) is 18.8. The van der Waals surface area contributed by atoms with Crippen molar-refractivity contribution in [3.8, 4) is 17.3 Å². The Kier molecular flexibility index (Phi) is 7.40. The molecule has 12 heteroatoms. The van der Waals surface area contributed by atoms with E-state index < -0.39 is 11.7 Å². The number of benzene rings is 1. The van der Waals surface area contributed by atoms with Crippen molar-refractivity contribution in [1.29, 1.82) is 0 Å². The summed E-state index contributed by atoms with van der Waals surface area (Å²) in [5, 5.41) is 16.3. The highest BCUT2D eigenvalue weighted by atomic mass is 19.1. The van der Waals surface area contributed by atoms with Gasteiger partial charge in [0.25, 0.3) is 5.91 Å². The molecule has 1 fully saturated rings. The summed E-state index contributed by atoms with van der Waals surface area (Å²) in [5.41, 5.74) is 1.24. The van der Waals surface area contributed by atoms with E-state index in [1.807, 2.05) is 0 Å². The van der Waals surface area contributed by atoms with Gasteiger partial charge in [0.1, 0.15) is 35.7 Å². The van der Waals surface area contributed by atoms with E-state index in [1.165, 1.54) is 25.3 Å². The van der Waals surface area contributed by atoms with Gasteiger partial charge in [-0.1, -0.05) is 6.07 Å². The first-order valence-electron chi connectivity index (χ1n) is 10.7. The van der Waals surface area contributed by atoms with Crippen LogP contribution in [0.2, 0.25) is 0 Å². The molecule has 2 atom stereocenters. The lowest BCUT2D eigenvalue weighted by Gasteiger charge is -2.28. The molecule has 1 saturated heterocycles. The third-order valence-corrected chi connectivity index (χ3v) is 5.13. The quantitative estimate of drug-likeness (QED) is 0.490. The lowest BCUT2D eigenvalue weighted by molar-refractivity contribution is -0.149. The van der Waals surface area contributed by atoms with Crippen molar-refractivity contribution in [2.75, 3.05) is 26.9 Å². The number of hydrogen-bond donors (Lipinski definition) is 2. The van der Waals surface area contributed by atoms with Gasteiger partial charge in [0.2, 0.25) is 0 Å². The second-order valence-corrected chi connectivity index (χ2v) is 7.72. The molecule has 1 aliphatic heterocycles. The summed E-state index contributed by atoms with van der Waals surface area (Å²) < 4.78 is 31.3. The Bertz CT molecular complexity index is 1150. The van der Waals surface area contributed by atoms with E-state index in [9.17, 15) is 9.18 Å². The lowest BCUT2D eigenvalue weighted by Crippen LogP contribution is -2.39. The molecule has 1 aromatic carbocycles. The molecular weight excluding hydrogens is 447 g/mol. The molecule has 0 radical (unpaired) electrons. The maximum atomic E-state index is 13.6. The summed E-state index contributed by atoms with van der Waals surface area (Å²) >= 11 is 0. The molecule has 4 rings (SSSR count). The van der Waals surface area contributed by atoms with Crippen LogP contribution in [-0.4, -0.2) is 74.9 Å². The minimum Gasteiger partial charge on any atom is -0.494 e. The zero-order valence-corrected chi connectivity index (χ0v) is 18.8. The molecule has 180 valence electrons. The van der Waals surface area contributed by atoms with Crippen molar-refractivity contribution in [3.63, 3.8) is 0 Å². The number of halogens is 1. The van der Waals surface area contributed by atoms with Crippen LogP contribution in [-0.2, 0) is 22.6 Å². The van der Waals surface area contributed by atoms with Gasteiger partial charge in [-0.2, -0.15) is 0 Å². The highest BCUT2D eigenvalue weighted by Crippen LogP contribution is 2.18. The molecule has 0 aliphatic carbocycles. The number of aromatic nitrogens is 5. The average Bonchev–Trinajstić information content (AvgIpc) is 3.32. The third-order valence-electron chi connectivity index (χ3n) is 5.13. The van der Waals surface area contributed by atoms with Gasteiger partial charge in [-0.05, 0) is 30.7 Å². The Morgan fingerprint density at radius 2 is 2.06 bits per heavy atom. The van der Waals surface area contributed by atoms with Crippen LogP contribution in [0.25, 0.3) is 11.5 Å². The van der Waals surface area contributed by atoms with Crippen molar-refractivity contribution < 1.29 is 28.5 Å². The summed E-state index contributed by atoms with van der Waals surface area (Å²) in [6, 6.07) is 5.88. The number of methoxy groups -OCH3 is 1. The van der Waals surface area contributed by atoms with E-state index in [4.69, 9.17) is 19.3 Å². The number of nitrogens with one attached hydrogen (secondary N) is 1. The molecule has 34 heavy (non-hydrogen) atoms. The van der Waals surface area contributed by atoms with E-state index in [-0.39, 0.29) is 36.8 Å². The van der Waals surface area contributed by atoms with E-state index in [2.05, 4.69) is 25.4 Å². The van der Waals surface area contributed by atoms with Gasteiger partial charge in [-0.15, -0.1) is 5.10 Å². The highest BCUT2D eigenvalue weighted by Gasteiger charge is 2.23. The number of aliphatic hydroxyl groups is 1. The van der Waals surface area contributed by atoms with Gasteiger partial charge in [-0.25, -0.2) is 24.0 Å². The van der Waals surface area contributed by atoms with Crippen LogP contribution in [0.4, 0.5) is 4.39 Å². The fraction of sp³-hybridized carbons (Fsp3) is 0.409. The molecule has 3 aromatic rings. The molecule has 0 spiro atoms. The van der Waals surface area contributed by atoms with Crippen LogP contribution in [0.3, 0.4) is 0 Å². The molecule has 2 aromatic heterocycles. The molecule has 3 heterocycles. The number of amides is 1. The Hall–Kier alpha value is -3.48. The van der Waals surface area contributed by atoms with Gasteiger partial charge in [0.05, 0.1) is 33.5 Å². The van der Waals surface area contributed by atoms with Crippen molar-refractivity contribution in [2.45, 2.75) is 32.2 Å². The molecule has 1 aliphatic rings. The van der Waals surface area contributed by atoms with E-state index >= 15 is 0 Å². The Balaban J connectivity index is 1.41. The number of nitrogens with zero attached hydrogens (tertiary/aromatic N) is 5. The Morgan fingerprint density at radius 1 is 1.26 bits per heavy atom. The minimum absolute atomic E-state index is 0.0821. The SMILES string of the molecule is COc1cc(CNC(=O)c2cc(-c3ncn(C[C@@H]4CO[C@@H](CO)CO4)n3)nc(C)n2)ccc1F. The fourth-order valence-electron chi connectivity index (χ4n) is 3.39. The zero-order chi connectivity index (χ0) is 24.1. The number of hydrogen-bond acceptors (Lipinski definition) is 9. The summed E-state index contributed by atoms with van der Waals surface area (Å²) in [7, 11) is 1.38. The van der Waals surface area contributed by atoms with Crippen molar-refractivity contribution in [3.05, 3.63) is 53.5 Å². The first-order chi connectivity index (χ1) is 16.4. The van der Waals surface area contributed by atoms with E-state index in [0.717, 1.165) is 0 Å². The number of ether oxygens (including phenoxy) is 3. The Morgan fingerprint density at radius 3 is 2.79 bits per heavy atom. The van der Waals surface area contributed by atoms with Crippen LogP contribution in [0, 0.1) is 12.7 Å². The van der Waals surface area contributed by atoms with Gasteiger partial charge in [0, 0.05) is 6.54 Å². The standard InChI is InChI=1S/C22H25FN6O5/c1-13-26-18(21-25-12-29(28-21)8-15-10-34-16(9-30)11-33-15)6-19(27-13)22(31)24-7-14-3-4-17(23)20(5-14)32-2/h3-6,12,15-16,30H,7-11H2,1-2H3,(H,24,31)/t15-,16+/m1/s1. The molecule has 0 unspecified atom stereocenters. The highest BCUT2D eigenvalue weighted by molar-refractivity contribution is 5.93. The molecule has 2 N–H and O–H groups in total. The lowest BCUT2D eigenvalue weighted by atomic mass is 10.2. The first-order valence-corrected chi connectivity index (χ1v) is 10.7. The second-order valence-electron chi connectivity index (χ2n) is 7.72. The maximum absolute atomic E-state index is 13.6. The van der Waals surface area contributed by atoms with E-state index in [1.54, 1.807) is 24.0 Å². The number of carbonyl (C=O) groups excluding carboxylic acids is 1. The predicted molar refractivity (Wildman–Crippen MR) is 116 cm³/mol. The van der Waals surface area contributed by atoms with Crippen LogP contribution < -0.4 is 10.1 Å². The van der Waals surface area contributed by atoms with Gasteiger partial charge in [0.15, 0.2) is 17.4 Å². The molecule has 1 amide bonds. The average molecular weight is 472 g/mol. The van der Waals surface area contributed by atoms with Crippen LogP contribution in [0.1, 0.15) is 21.9 Å². The minimum atomic E-state index is -0.475. The number of rotatable bonds is 8. The maximum Gasteiger partial charge on any atom is 0.270 e. The van der Waals surface area contributed by atoms with E-state index in [0.29, 0.717) is 42.7 Å². The van der Waals surface area contributed by atoms with Gasteiger partial charge < -0.3 is 24.6 Å². The molecular formula is C22H25FN6O5. The second kappa shape index (κ2) is 10.6. The number of aliphatic hydroxyl groups excluding tert-OH is 1. The monoisotopic (exact) mass is 472 g/mol. The smallest absolute Gasteiger partial charge is 0.270 e.